The van der Waals surface area contributed by atoms with Gasteiger partial charge in [0.25, 0.3) is 0 Å². The predicted molar refractivity (Wildman–Crippen MR) is 79.6 cm³/mol. The fourth-order valence-corrected chi connectivity index (χ4v) is 3.00. The van der Waals surface area contributed by atoms with Gasteiger partial charge in [0, 0.05) is 6.42 Å². The molecule has 1 aromatic heterocycles. The Kier molecular flexibility index (Phi) is 4.23. The van der Waals surface area contributed by atoms with E-state index in [0.29, 0.717) is 13.2 Å². The van der Waals surface area contributed by atoms with Crippen molar-refractivity contribution in [2.45, 2.75) is 25.4 Å². The molecule has 0 bridgehead atoms. The summed E-state index contributed by atoms with van der Waals surface area (Å²) in [6.07, 6.45) is 2.03. The van der Waals surface area contributed by atoms with Crippen LogP contribution < -0.4 is 9.47 Å². The van der Waals surface area contributed by atoms with Gasteiger partial charge >= 0.3 is 0 Å². The Hall–Kier alpha value is -1.52. The molecular formula is C16H18O3S. The molecule has 1 aliphatic rings. The standard InChI is InChI=1S/C16H18O3S/c17-14(4-2-12-6-9-20-11-12)13-3-5-15-16(10-13)19-8-1-7-18-15/h3,5-6,9-11,14,17H,1-2,4,7-8H2. The van der Waals surface area contributed by atoms with Gasteiger partial charge in [0.2, 0.25) is 0 Å². The first-order valence-corrected chi connectivity index (χ1v) is 7.86. The highest BCUT2D eigenvalue weighted by atomic mass is 32.1. The Labute approximate surface area is 122 Å². The predicted octanol–water partition coefficient (Wildman–Crippen LogP) is 3.58. The van der Waals surface area contributed by atoms with E-state index in [1.54, 1.807) is 11.3 Å². The van der Waals surface area contributed by atoms with Gasteiger partial charge in [-0.05, 0) is 52.9 Å². The lowest BCUT2D eigenvalue weighted by Gasteiger charge is -2.13. The van der Waals surface area contributed by atoms with E-state index in [1.807, 2.05) is 18.2 Å². The first kappa shape index (κ1) is 13.5. The van der Waals surface area contributed by atoms with Crippen molar-refractivity contribution in [2.24, 2.45) is 0 Å². The summed E-state index contributed by atoms with van der Waals surface area (Å²) in [5.74, 6) is 1.52. The van der Waals surface area contributed by atoms with Crippen molar-refractivity contribution in [2.75, 3.05) is 13.2 Å². The van der Waals surface area contributed by atoms with Crippen molar-refractivity contribution in [3.8, 4) is 11.5 Å². The summed E-state index contributed by atoms with van der Waals surface area (Å²) in [4.78, 5) is 0. The van der Waals surface area contributed by atoms with Crippen LogP contribution in [0.15, 0.2) is 35.0 Å². The minimum Gasteiger partial charge on any atom is -0.490 e. The highest BCUT2D eigenvalue weighted by Gasteiger charge is 2.14. The number of benzene rings is 1. The Morgan fingerprint density at radius 2 is 2.00 bits per heavy atom. The highest BCUT2D eigenvalue weighted by molar-refractivity contribution is 7.07. The summed E-state index contributed by atoms with van der Waals surface area (Å²) in [5, 5.41) is 14.5. The van der Waals surface area contributed by atoms with E-state index in [-0.39, 0.29) is 0 Å². The van der Waals surface area contributed by atoms with Crippen molar-refractivity contribution in [1.29, 1.82) is 0 Å². The first-order valence-electron chi connectivity index (χ1n) is 6.91. The lowest BCUT2D eigenvalue weighted by molar-refractivity contribution is 0.167. The zero-order valence-corrected chi connectivity index (χ0v) is 12.1. The van der Waals surface area contributed by atoms with E-state index in [0.717, 1.165) is 36.3 Å². The molecule has 0 spiro atoms. The molecule has 3 nitrogen and oxygen atoms in total. The molecule has 0 radical (unpaired) electrons. The zero-order chi connectivity index (χ0) is 13.8. The van der Waals surface area contributed by atoms with E-state index in [2.05, 4.69) is 16.8 Å². The molecule has 0 aliphatic carbocycles. The number of aliphatic hydroxyl groups is 1. The van der Waals surface area contributed by atoms with Crippen molar-refractivity contribution < 1.29 is 14.6 Å². The number of ether oxygens (including phenoxy) is 2. The second-order valence-corrected chi connectivity index (χ2v) is 5.72. The monoisotopic (exact) mass is 290 g/mol. The topological polar surface area (TPSA) is 38.7 Å². The van der Waals surface area contributed by atoms with Crippen LogP contribution in [0.3, 0.4) is 0 Å². The first-order chi connectivity index (χ1) is 9.83. The maximum absolute atomic E-state index is 10.3. The molecule has 1 atom stereocenters. The van der Waals surface area contributed by atoms with Crippen LogP contribution in [-0.4, -0.2) is 18.3 Å². The summed E-state index contributed by atoms with van der Waals surface area (Å²) < 4.78 is 11.3. The van der Waals surface area contributed by atoms with E-state index in [4.69, 9.17) is 9.47 Å². The van der Waals surface area contributed by atoms with Crippen molar-refractivity contribution in [1.82, 2.24) is 0 Å². The number of thiophene rings is 1. The molecule has 0 amide bonds. The molecule has 4 heteroatoms. The minimum absolute atomic E-state index is 0.466. The second kappa shape index (κ2) is 6.29. The second-order valence-electron chi connectivity index (χ2n) is 4.94. The SMILES string of the molecule is OC(CCc1ccsc1)c1ccc2c(c1)OCCCO2. The summed E-state index contributed by atoms with van der Waals surface area (Å²) in [6, 6.07) is 7.82. The molecule has 0 saturated carbocycles. The van der Waals surface area contributed by atoms with Crippen molar-refractivity contribution in [3.05, 3.63) is 46.2 Å². The number of rotatable bonds is 4. The molecule has 1 aromatic carbocycles. The fraction of sp³-hybridized carbons (Fsp3) is 0.375. The smallest absolute Gasteiger partial charge is 0.161 e. The van der Waals surface area contributed by atoms with Gasteiger partial charge in [0.05, 0.1) is 19.3 Å². The van der Waals surface area contributed by atoms with Crippen molar-refractivity contribution >= 4 is 11.3 Å². The van der Waals surface area contributed by atoms with Gasteiger partial charge in [0.1, 0.15) is 0 Å². The van der Waals surface area contributed by atoms with Crippen LogP contribution in [0.1, 0.15) is 30.1 Å². The molecule has 3 rings (SSSR count). The van der Waals surface area contributed by atoms with E-state index < -0.39 is 6.10 Å². The molecule has 2 aromatic rings. The number of aliphatic hydroxyl groups excluding tert-OH is 1. The van der Waals surface area contributed by atoms with Gasteiger partial charge in [-0.1, -0.05) is 6.07 Å². The number of fused-ring (bicyclic) bond motifs is 1. The Morgan fingerprint density at radius 1 is 1.15 bits per heavy atom. The third-order valence-electron chi connectivity index (χ3n) is 3.44. The Morgan fingerprint density at radius 3 is 2.80 bits per heavy atom. The van der Waals surface area contributed by atoms with Crippen LogP contribution in [0.2, 0.25) is 0 Å². The highest BCUT2D eigenvalue weighted by Crippen LogP contribution is 2.33. The van der Waals surface area contributed by atoms with E-state index in [9.17, 15) is 5.11 Å². The largest absolute Gasteiger partial charge is 0.490 e. The molecular weight excluding hydrogens is 272 g/mol. The summed E-state index contributed by atoms with van der Waals surface area (Å²) in [6.45, 7) is 1.36. The minimum atomic E-state index is -0.466. The van der Waals surface area contributed by atoms with Gasteiger partial charge < -0.3 is 14.6 Å². The van der Waals surface area contributed by atoms with Crippen LogP contribution in [0, 0.1) is 0 Å². The zero-order valence-electron chi connectivity index (χ0n) is 11.2. The average Bonchev–Trinajstić information content (AvgIpc) is 2.88. The fourth-order valence-electron chi connectivity index (χ4n) is 2.29. The summed E-state index contributed by atoms with van der Waals surface area (Å²) >= 11 is 1.69. The van der Waals surface area contributed by atoms with E-state index in [1.165, 1.54) is 5.56 Å². The van der Waals surface area contributed by atoms with Crippen LogP contribution in [0.25, 0.3) is 0 Å². The lowest BCUT2D eigenvalue weighted by atomic mass is 10.0. The molecule has 20 heavy (non-hydrogen) atoms. The van der Waals surface area contributed by atoms with Gasteiger partial charge in [-0.25, -0.2) is 0 Å². The Bertz CT molecular complexity index is 551. The van der Waals surface area contributed by atoms with E-state index >= 15 is 0 Å². The summed E-state index contributed by atoms with van der Waals surface area (Å²) in [7, 11) is 0. The lowest BCUT2D eigenvalue weighted by Crippen LogP contribution is -2.01. The van der Waals surface area contributed by atoms with Crippen LogP contribution >= 0.6 is 11.3 Å². The van der Waals surface area contributed by atoms with Crippen LogP contribution in [-0.2, 0) is 6.42 Å². The van der Waals surface area contributed by atoms with Crippen LogP contribution in [0.5, 0.6) is 11.5 Å². The van der Waals surface area contributed by atoms with Gasteiger partial charge in [0.15, 0.2) is 11.5 Å². The van der Waals surface area contributed by atoms with Gasteiger partial charge in [-0.15, -0.1) is 0 Å². The molecule has 1 unspecified atom stereocenters. The van der Waals surface area contributed by atoms with Gasteiger partial charge in [-0.3, -0.25) is 0 Å². The maximum atomic E-state index is 10.3. The quantitative estimate of drug-likeness (QED) is 0.935. The molecule has 1 N–H and O–H groups in total. The number of hydrogen-bond acceptors (Lipinski definition) is 4. The average molecular weight is 290 g/mol. The molecule has 0 saturated heterocycles. The van der Waals surface area contributed by atoms with Crippen LogP contribution in [0.4, 0.5) is 0 Å². The third-order valence-corrected chi connectivity index (χ3v) is 4.17. The molecule has 2 heterocycles. The molecule has 1 aliphatic heterocycles. The van der Waals surface area contributed by atoms with Crippen molar-refractivity contribution in [3.63, 3.8) is 0 Å². The third kappa shape index (κ3) is 3.14. The molecule has 106 valence electrons. The maximum Gasteiger partial charge on any atom is 0.161 e. The van der Waals surface area contributed by atoms with Gasteiger partial charge in [-0.2, -0.15) is 11.3 Å². The number of aryl methyl sites for hydroxylation is 1. The Balaban J connectivity index is 1.68. The number of hydrogen-bond donors (Lipinski definition) is 1. The molecule has 0 fully saturated rings. The summed E-state index contributed by atoms with van der Waals surface area (Å²) in [5.41, 5.74) is 2.17. The normalized spacial score (nSPS) is 15.7.